The Balaban J connectivity index is 1.60. The monoisotopic (exact) mass is 481 g/mol. The number of hydrogen-bond acceptors (Lipinski definition) is 3. The van der Waals surface area contributed by atoms with Gasteiger partial charge in [0, 0.05) is 11.0 Å². The van der Waals surface area contributed by atoms with Crippen LogP contribution in [-0.2, 0) is 6.42 Å². The molecule has 0 unspecified atom stereocenters. The lowest BCUT2D eigenvalue weighted by atomic mass is 10.1. The van der Waals surface area contributed by atoms with Crippen LogP contribution in [-0.4, -0.2) is 23.5 Å². The molecule has 2 amide bonds. The molecule has 0 aromatic heterocycles. The molecule has 0 atom stereocenters. The second kappa shape index (κ2) is 10.7. The molecule has 0 heterocycles. The molecule has 3 aromatic rings. The normalized spacial score (nSPS) is 10.2. The highest BCUT2D eigenvalue weighted by molar-refractivity contribution is 9.10. The molecule has 0 saturated heterocycles. The van der Waals surface area contributed by atoms with Gasteiger partial charge < -0.3 is 10.6 Å². The van der Waals surface area contributed by atoms with Crippen LogP contribution in [0.5, 0.6) is 0 Å². The van der Waals surface area contributed by atoms with Gasteiger partial charge in [-0.15, -0.1) is 0 Å². The molecule has 0 spiro atoms. The molecule has 0 aliphatic heterocycles. The summed E-state index contributed by atoms with van der Waals surface area (Å²) in [6.45, 7) is 0.514. The van der Waals surface area contributed by atoms with Gasteiger partial charge in [-0.1, -0.05) is 54.6 Å². The molecule has 3 rings (SSSR count). The van der Waals surface area contributed by atoms with Crippen molar-refractivity contribution in [1.82, 2.24) is 10.6 Å². The van der Waals surface area contributed by atoms with Crippen molar-refractivity contribution in [2.24, 2.45) is 0 Å². The van der Waals surface area contributed by atoms with Gasteiger partial charge >= 0.3 is 0 Å². The van der Waals surface area contributed by atoms with Crippen LogP contribution in [0.4, 0.5) is 5.69 Å². The van der Waals surface area contributed by atoms with Gasteiger partial charge in [0.1, 0.15) is 0 Å². The highest BCUT2D eigenvalue weighted by Gasteiger charge is 2.14. The molecule has 0 saturated carbocycles. The van der Waals surface area contributed by atoms with Crippen molar-refractivity contribution in [2.75, 3.05) is 11.9 Å². The maximum atomic E-state index is 12.6. The molecule has 0 bridgehead atoms. The second-order valence-corrected chi connectivity index (χ2v) is 7.69. The Morgan fingerprint density at radius 1 is 0.800 bits per heavy atom. The summed E-state index contributed by atoms with van der Waals surface area (Å²) in [5, 5.41) is 8.61. The van der Waals surface area contributed by atoms with Gasteiger partial charge in [0.05, 0.1) is 16.8 Å². The van der Waals surface area contributed by atoms with Crippen LogP contribution in [0.3, 0.4) is 0 Å². The molecular weight excluding hydrogens is 462 g/mol. The number of hydrogen-bond donors (Lipinski definition) is 3. The van der Waals surface area contributed by atoms with E-state index >= 15 is 0 Å². The van der Waals surface area contributed by atoms with Crippen molar-refractivity contribution >= 4 is 50.8 Å². The lowest BCUT2D eigenvalue weighted by molar-refractivity contribution is 0.0952. The maximum absolute atomic E-state index is 12.6. The molecular formula is C23H20BrN3O2S. The summed E-state index contributed by atoms with van der Waals surface area (Å²) in [5.41, 5.74) is 2.59. The van der Waals surface area contributed by atoms with Crippen molar-refractivity contribution in [3.8, 4) is 0 Å². The van der Waals surface area contributed by atoms with Crippen LogP contribution in [0.1, 0.15) is 26.3 Å². The Hall–Kier alpha value is -3.03. The van der Waals surface area contributed by atoms with Crippen molar-refractivity contribution < 1.29 is 9.59 Å². The number of thiocarbonyl (C=S) groups is 1. The Labute approximate surface area is 189 Å². The van der Waals surface area contributed by atoms with E-state index in [0.29, 0.717) is 27.8 Å². The minimum atomic E-state index is -0.343. The molecule has 3 N–H and O–H groups in total. The zero-order chi connectivity index (χ0) is 21.3. The first-order chi connectivity index (χ1) is 14.5. The number of halogens is 1. The fraction of sp³-hybridized carbons (Fsp3) is 0.0870. The fourth-order valence-corrected chi connectivity index (χ4v) is 3.49. The van der Waals surface area contributed by atoms with Crippen molar-refractivity contribution in [2.45, 2.75) is 6.42 Å². The first kappa shape index (κ1) is 21.7. The molecule has 3 aromatic carbocycles. The van der Waals surface area contributed by atoms with Crippen LogP contribution < -0.4 is 16.0 Å². The van der Waals surface area contributed by atoms with Gasteiger partial charge in [0.2, 0.25) is 0 Å². The van der Waals surface area contributed by atoms with E-state index in [-0.39, 0.29) is 16.9 Å². The van der Waals surface area contributed by atoms with Gasteiger partial charge in [-0.25, -0.2) is 0 Å². The first-order valence-corrected chi connectivity index (χ1v) is 10.5. The molecule has 0 fully saturated rings. The van der Waals surface area contributed by atoms with Crippen LogP contribution in [0.15, 0.2) is 83.3 Å². The van der Waals surface area contributed by atoms with Gasteiger partial charge in [-0.05, 0) is 64.4 Å². The Bertz CT molecular complexity index is 1060. The molecule has 152 valence electrons. The lowest BCUT2D eigenvalue weighted by Crippen LogP contribution is -2.35. The van der Waals surface area contributed by atoms with Crippen molar-refractivity contribution in [3.05, 3.63) is 100 Å². The third-order valence-corrected chi connectivity index (χ3v) is 5.20. The number of para-hydroxylation sites is 1. The number of amides is 2. The van der Waals surface area contributed by atoms with Crippen molar-refractivity contribution in [3.63, 3.8) is 0 Å². The summed E-state index contributed by atoms with van der Waals surface area (Å²) in [4.78, 5) is 25.1. The quantitative estimate of drug-likeness (QED) is 0.451. The van der Waals surface area contributed by atoms with Gasteiger partial charge in [0.15, 0.2) is 5.11 Å². The summed E-state index contributed by atoms with van der Waals surface area (Å²) in [7, 11) is 0. The van der Waals surface area contributed by atoms with Crippen molar-refractivity contribution in [1.29, 1.82) is 0 Å². The van der Waals surface area contributed by atoms with Crippen LogP contribution in [0.25, 0.3) is 0 Å². The number of carbonyl (C=O) groups is 2. The number of rotatable bonds is 6. The smallest absolute Gasteiger partial charge is 0.258 e. The topological polar surface area (TPSA) is 70.2 Å². The number of anilines is 1. The Kier molecular flexibility index (Phi) is 7.70. The minimum absolute atomic E-state index is 0.111. The van der Waals surface area contributed by atoms with Gasteiger partial charge in [-0.3, -0.25) is 14.9 Å². The third kappa shape index (κ3) is 5.98. The minimum Gasteiger partial charge on any atom is -0.352 e. The second-order valence-electron chi connectivity index (χ2n) is 6.43. The largest absolute Gasteiger partial charge is 0.352 e. The maximum Gasteiger partial charge on any atom is 0.258 e. The van der Waals surface area contributed by atoms with Gasteiger partial charge in [-0.2, -0.15) is 0 Å². The summed E-state index contributed by atoms with van der Waals surface area (Å²) in [6.07, 6.45) is 0.739. The van der Waals surface area contributed by atoms with E-state index in [9.17, 15) is 9.59 Å². The van der Waals surface area contributed by atoms with E-state index in [1.54, 1.807) is 42.5 Å². The van der Waals surface area contributed by atoms with E-state index in [1.165, 1.54) is 0 Å². The highest BCUT2D eigenvalue weighted by Crippen LogP contribution is 2.17. The summed E-state index contributed by atoms with van der Waals surface area (Å²) < 4.78 is 0.670. The molecule has 5 nitrogen and oxygen atoms in total. The van der Waals surface area contributed by atoms with E-state index < -0.39 is 0 Å². The average Bonchev–Trinajstić information content (AvgIpc) is 2.75. The van der Waals surface area contributed by atoms with E-state index in [1.807, 2.05) is 36.4 Å². The molecule has 0 radical (unpaired) electrons. The Morgan fingerprint density at radius 2 is 1.43 bits per heavy atom. The SMILES string of the molecule is O=C(NC(=S)Nc1ccccc1C(=O)NCCc1ccccc1)c1ccccc1Br. The molecule has 0 aliphatic carbocycles. The molecule has 7 heteroatoms. The van der Waals surface area contributed by atoms with E-state index in [4.69, 9.17) is 12.2 Å². The number of nitrogens with one attached hydrogen (secondary N) is 3. The lowest BCUT2D eigenvalue weighted by Gasteiger charge is -2.14. The predicted octanol–water partition coefficient (Wildman–Crippen LogP) is 4.55. The number of carbonyl (C=O) groups excluding carboxylic acids is 2. The number of benzene rings is 3. The first-order valence-electron chi connectivity index (χ1n) is 9.32. The molecule has 0 aliphatic rings. The fourth-order valence-electron chi connectivity index (χ4n) is 2.82. The van der Waals surface area contributed by atoms with Crippen LogP contribution in [0.2, 0.25) is 0 Å². The summed E-state index contributed by atoms with van der Waals surface area (Å²) in [6, 6.07) is 24.0. The van der Waals surface area contributed by atoms with E-state index in [0.717, 1.165) is 12.0 Å². The van der Waals surface area contributed by atoms with E-state index in [2.05, 4.69) is 31.9 Å². The molecule has 30 heavy (non-hydrogen) atoms. The zero-order valence-corrected chi connectivity index (χ0v) is 18.4. The Morgan fingerprint density at radius 3 is 2.17 bits per heavy atom. The summed E-state index contributed by atoms with van der Waals surface area (Å²) >= 11 is 8.61. The predicted molar refractivity (Wildman–Crippen MR) is 127 cm³/mol. The average molecular weight is 482 g/mol. The highest BCUT2D eigenvalue weighted by atomic mass is 79.9. The zero-order valence-electron chi connectivity index (χ0n) is 16.0. The summed E-state index contributed by atoms with van der Waals surface area (Å²) in [5.74, 6) is -0.557. The van der Waals surface area contributed by atoms with Gasteiger partial charge in [0.25, 0.3) is 11.8 Å². The standard InChI is InChI=1S/C23H20BrN3O2S/c24-19-12-6-4-10-17(19)22(29)27-23(30)26-20-13-7-5-11-18(20)21(28)25-15-14-16-8-2-1-3-9-16/h1-13H,14-15H2,(H,25,28)(H2,26,27,29,30). The van der Waals surface area contributed by atoms with Crippen LogP contribution >= 0.6 is 28.1 Å². The van der Waals surface area contributed by atoms with Crippen LogP contribution in [0, 0.1) is 0 Å². The third-order valence-electron chi connectivity index (χ3n) is 4.31.